The summed E-state index contributed by atoms with van der Waals surface area (Å²) < 4.78 is 24.7. The van der Waals surface area contributed by atoms with Crippen LogP contribution in [0.15, 0.2) is 47.5 Å². The van der Waals surface area contributed by atoms with E-state index in [9.17, 15) is 14.0 Å². The first kappa shape index (κ1) is 23.6. The third kappa shape index (κ3) is 5.40. The van der Waals surface area contributed by atoms with Gasteiger partial charge in [-0.1, -0.05) is 30.0 Å². The van der Waals surface area contributed by atoms with E-state index >= 15 is 0 Å². The SMILES string of the molecule is CCNC(=NCCc1ccc(OC)c(OC)c1)S[C@H]1CC(=O)N(c2ccccc2F)C1=O. The van der Waals surface area contributed by atoms with E-state index in [4.69, 9.17) is 9.47 Å². The van der Waals surface area contributed by atoms with Gasteiger partial charge in [0.25, 0.3) is 0 Å². The van der Waals surface area contributed by atoms with Gasteiger partial charge in [0.15, 0.2) is 16.7 Å². The minimum atomic E-state index is -0.652. The third-order valence-electron chi connectivity index (χ3n) is 4.88. The van der Waals surface area contributed by atoms with Crippen LogP contribution in [-0.4, -0.2) is 49.5 Å². The smallest absolute Gasteiger partial charge is 0.247 e. The maximum Gasteiger partial charge on any atom is 0.247 e. The second-order valence-electron chi connectivity index (χ2n) is 6.99. The van der Waals surface area contributed by atoms with Gasteiger partial charge in [-0.05, 0) is 43.2 Å². The molecule has 1 aliphatic heterocycles. The van der Waals surface area contributed by atoms with Gasteiger partial charge in [-0.15, -0.1) is 0 Å². The number of para-hydroxylation sites is 1. The van der Waals surface area contributed by atoms with E-state index in [1.165, 1.54) is 30.0 Å². The van der Waals surface area contributed by atoms with Crippen LogP contribution in [0, 0.1) is 5.82 Å². The van der Waals surface area contributed by atoms with Crippen molar-refractivity contribution in [3.8, 4) is 11.5 Å². The Bertz CT molecular complexity index is 1010. The van der Waals surface area contributed by atoms with Crippen molar-refractivity contribution in [2.75, 3.05) is 32.2 Å². The fourth-order valence-corrected chi connectivity index (χ4v) is 4.42. The van der Waals surface area contributed by atoms with E-state index < -0.39 is 22.9 Å². The number of hydrogen-bond donors (Lipinski definition) is 1. The van der Waals surface area contributed by atoms with E-state index in [0.29, 0.717) is 36.2 Å². The standard InChI is InChI=1S/C23H26FN3O4S/c1-4-25-23(26-12-11-15-9-10-18(30-2)19(13-15)31-3)32-20-14-21(28)27(22(20)29)17-8-6-5-7-16(17)24/h5-10,13,20H,4,11-12,14H2,1-3H3,(H,25,26)/t20-/m0/s1. The Morgan fingerprint density at radius 1 is 1.19 bits per heavy atom. The summed E-state index contributed by atoms with van der Waals surface area (Å²) in [7, 11) is 3.17. The number of carbonyl (C=O) groups is 2. The number of thioether (sulfide) groups is 1. The number of ether oxygens (including phenoxy) is 2. The summed E-state index contributed by atoms with van der Waals surface area (Å²) in [6.45, 7) is 3.03. The average Bonchev–Trinajstić information content (AvgIpc) is 3.06. The van der Waals surface area contributed by atoms with Crippen molar-refractivity contribution >= 4 is 34.4 Å². The Kier molecular flexibility index (Phi) is 8.10. The van der Waals surface area contributed by atoms with Crippen molar-refractivity contribution in [3.05, 3.63) is 53.8 Å². The van der Waals surface area contributed by atoms with Crippen LogP contribution in [0.1, 0.15) is 18.9 Å². The zero-order chi connectivity index (χ0) is 23.1. The van der Waals surface area contributed by atoms with Crippen LogP contribution in [0.4, 0.5) is 10.1 Å². The molecule has 1 heterocycles. The van der Waals surface area contributed by atoms with Crippen molar-refractivity contribution in [1.82, 2.24) is 5.32 Å². The fraction of sp³-hybridized carbons (Fsp3) is 0.348. The summed E-state index contributed by atoms with van der Waals surface area (Å²) in [5, 5.41) is 3.08. The van der Waals surface area contributed by atoms with Gasteiger partial charge in [-0.2, -0.15) is 0 Å². The van der Waals surface area contributed by atoms with Gasteiger partial charge in [0.1, 0.15) is 11.1 Å². The summed E-state index contributed by atoms with van der Waals surface area (Å²) in [5.41, 5.74) is 1.02. The Hall–Kier alpha value is -3.07. The minimum absolute atomic E-state index is 0.00206. The number of methoxy groups -OCH3 is 2. The van der Waals surface area contributed by atoms with Crippen LogP contribution < -0.4 is 19.7 Å². The number of nitrogens with zero attached hydrogens (tertiary/aromatic N) is 2. The predicted octanol–water partition coefficient (Wildman–Crippen LogP) is 3.42. The highest BCUT2D eigenvalue weighted by molar-refractivity contribution is 8.15. The molecule has 3 rings (SSSR count). The lowest BCUT2D eigenvalue weighted by atomic mass is 10.1. The molecule has 1 aliphatic rings. The second kappa shape index (κ2) is 11.0. The van der Waals surface area contributed by atoms with Gasteiger partial charge >= 0.3 is 0 Å². The van der Waals surface area contributed by atoms with Crippen LogP contribution in [0.5, 0.6) is 11.5 Å². The highest BCUT2D eigenvalue weighted by atomic mass is 32.2. The van der Waals surface area contributed by atoms with Crippen LogP contribution in [-0.2, 0) is 16.0 Å². The van der Waals surface area contributed by atoms with Gasteiger partial charge in [-0.25, -0.2) is 9.29 Å². The lowest BCUT2D eigenvalue weighted by molar-refractivity contribution is -0.121. The topological polar surface area (TPSA) is 80.2 Å². The number of amides is 2. The molecule has 7 nitrogen and oxygen atoms in total. The molecular weight excluding hydrogens is 433 g/mol. The van der Waals surface area contributed by atoms with Crippen LogP contribution >= 0.6 is 11.8 Å². The molecule has 1 atom stereocenters. The summed E-state index contributed by atoms with van der Waals surface area (Å²) in [6.07, 6.45) is 0.659. The Labute approximate surface area is 191 Å². The Balaban J connectivity index is 1.67. The lowest BCUT2D eigenvalue weighted by Gasteiger charge is -2.16. The normalized spacial score (nSPS) is 16.4. The molecule has 0 unspecified atom stereocenters. The van der Waals surface area contributed by atoms with Crippen LogP contribution in [0.2, 0.25) is 0 Å². The number of amidine groups is 1. The molecular formula is C23H26FN3O4S. The number of rotatable bonds is 8. The lowest BCUT2D eigenvalue weighted by Crippen LogP contribution is -2.33. The van der Waals surface area contributed by atoms with E-state index in [1.54, 1.807) is 20.3 Å². The zero-order valence-electron chi connectivity index (χ0n) is 18.3. The number of aliphatic imine (C=N–C) groups is 1. The fourth-order valence-electron chi connectivity index (χ4n) is 3.33. The molecule has 0 aliphatic carbocycles. The molecule has 9 heteroatoms. The largest absolute Gasteiger partial charge is 0.493 e. The van der Waals surface area contributed by atoms with Gasteiger partial charge in [0.05, 0.1) is 19.9 Å². The molecule has 0 saturated carbocycles. The van der Waals surface area contributed by atoms with Gasteiger partial charge in [0, 0.05) is 19.5 Å². The van der Waals surface area contributed by atoms with Crippen LogP contribution in [0.25, 0.3) is 0 Å². The molecule has 170 valence electrons. The molecule has 1 fully saturated rings. The first-order chi connectivity index (χ1) is 15.5. The second-order valence-corrected chi connectivity index (χ2v) is 8.18. The molecule has 0 radical (unpaired) electrons. The van der Waals surface area contributed by atoms with Crippen molar-refractivity contribution in [2.45, 2.75) is 25.0 Å². The summed E-state index contributed by atoms with van der Waals surface area (Å²) in [6, 6.07) is 11.5. The number of carbonyl (C=O) groups excluding carboxylic acids is 2. The quantitative estimate of drug-likeness (QED) is 0.370. The molecule has 2 aromatic carbocycles. The van der Waals surface area contributed by atoms with Crippen LogP contribution in [0.3, 0.4) is 0 Å². The van der Waals surface area contributed by atoms with Crippen molar-refractivity contribution in [1.29, 1.82) is 0 Å². The Morgan fingerprint density at radius 2 is 1.94 bits per heavy atom. The van der Waals surface area contributed by atoms with Crippen molar-refractivity contribution in [2.24, 2.45) is 4.99 Å². The van der Waals surface area contributed by atoms with Crippen molar-refractivity contribution < 1.29 is 23.5 Å². The van der Waals surface area contributed by atoms with Gasteiger partial charge in [0.2, 0.25) is 11.8 Å². The first-order valence-corrected chi connectivity index (χ1v) is 11.1. The maximum absolute atomic E-state index is 14.1. The number of imide groups is 1. The van der Waals surface area contributed by atoms with E-state index in [-0.39, 0.29) is 12.1 Å². The molecule has 0 aromatic heterocycles. The summed E-state index contributed by atoms with van der Waals surface area (Å²) in [4.78, 5) is 30.8. The van der Waals surface area contributed by atoms with E-state index in [2.05, 4.69) is 10.3 Å². The number of hydrogen-bond acceptors (Lipinski definition) is 6. The number of nitrogens with one attached hydrogen (secondary N) is 1. The number of halogens is 1. The van der Waals surface area contributed by atoms with Crippen molar-refractivity contribution in [3.63, 3.8) is 0 Å². The molecule has 2 amide bonds. The molecule has 2 aromatic rings. The molecule has 0 spiro atoms. The molecule has 0 bridgehead atoms. The molecule has 1 N–H and O–H groups in total. The van der Waals surface area contributed by atoms with Gasteiger partial charge < -0.3 is 14.8 Å². The summed E-state index contributed by atoms with van der Waals surface area (Å²) >= 11 is 1.20. The minimum Gasteiger partial charge on any atom is -0.493 e. The van der Waals surface area contributed by atoms with E-state index in [1.807, 2.05) is 25.1 Å². The molecule has 32 heavy (non-hydrogen) atoms. The molecule has 1 saturated heterocycles. The number of benzene rings is 2. The zero-order valence-corrected chi connectivity index (χ0v) is 19.1. The monoisotopic (exact) mass is 459 g/mol. The number of anilines is 1. The average molecular weight is 460 g/mol. The maximum atomic E-state index is 14.1. The highest BCUT2D eigenvalue weighted by Crippen LogP contribution is 2.31. The van der Waals surface area contributed by atoms with Gasteiger partial charge in [-0.3, -0.25) is 14.6 Å². The highest BCUT2D eigenvalue weighted by Gasteiger charge is 2.41. The third-order valence-corrected chi connectivity index (χ3v) is 6.03. The van der Waals surface area contributed by atoms with E-state index in [0.717, 1.165) is 10.5 Å². The first-order valence-electron chi connectivity index (χ1n) is 10.3. The summed E-state index contributed by atoms with van der Waals surface area (Å²) in [5.74, 6) is -0.143. The Morgan fingerprint density at radius 3 is 2.62 bits per heavy atom. The predicted molar refractivity (Wildman–Crippen MR) is 124 cm³/mol.